The minimum absolute atomic E-state index is 0.0631. The molecular formula is C17H21NO3. The monoisotopic (exact) mass is 287 g/mol. The van der Waals surface area contributed by atoms with Gasteiger partial charge in [-0.2, -0.15) is 0 Å². The Labute approximate surface area is 125 Å². The number of nitrogens with zero attached hydrogens (tertiary/aromatic N) is 1. The van der Waals surface area contributed by atoms with E-state index in [-0.39, 0.29) is 22.4 Å². The average molecular weight is 287 g/mol. The molecule has 0 aromatic heterocycles. The molecule has 2 rings (SSSR count). The zero-order valence-corrected chi connectivity index (χ0v) is 12.7. The minimum Gasteiger partial charge on any atom is -0.478 e. The van der Waals surface area contributed by atoms with Crippen molar-refractivity contribution in [3.05, 3.63) is 47.0 Å². The first kappa shape index (κ1) is 15.3. The molecule has 1 aliphatic rings. The molecule has 1 aliphatic heterocycles. The van der Waals surface area contributed by atoms with Gasteiger partial charge in [0.05, 0.1) is 11.1 Å². The zero-order chi connectivity index (χ0) is 15.6. The number of carbonyl (C=O) groups excluding carboxylic acids is 1. The van der Waals surface area contributed by atoms with Gasteiger partial charge in [-0.05, 0) is 24.0 Å². The molecule has 21 heavy (non-hydrogen) atoms. The molecule has 4 nitrogen and oxygen atoms in total. The van der Waals surface area contributed by atoms with Crippen molar-refractivity contribution in [3.63, 3.8) is 0 Å². The van der Waals surface area contributed by atoms with Crippen molar-refractivity contribution in [2.45, 2.75) is 27.2 Å². The van der Waals surface area contributed by atoms with Crippen molar-refractivity contribution in [2.24, 2.45) is 5.41 Å². The molecule has 0 saturated carbocycles. The third-order valence-electron chi connectivity index (χ3n) is 3.85. The minimum atomic E-state index is -1.07. The summed E-state index contributed by atoms with van der Waals surface area (Å²) in [5.74, 6) is -1.28. The Morgan fingerprint density at radius 2 is 1.76 bits per heavy atom. The molecule has 0 spiro atoms. The Balaban J connectivity index is 2.20. The van der Waals surface area contributed by atoms with E-state index in [1.54, 1.807) is 23.1 Å². The standard InChI is InChI=1S/C17H21NO3/c1-17(2,3)12-8-10-18(11-9-12)15(19)13-6-4-5-7-14(13)16(20)21/h4-8H,9-11H2,1-3H3,(H,20,21). The second-order valence-electron chi connectivity index (χ2n) is 6.33. The first-order valence-corrected chi connectivity index (χ1v) is 7.12. The second-order valence-corrected chi connectivity index (χ2v) is 6.33. The number of amides is 1. The van der Waals surface area contributed by atoms with E-state index in [9.17, 15) is 14.7 Å². The van der Waals surface area contributed by atoms with Crippen LogP contribution in [0.15, 0.2) is 35.9 Å². The topological polar surface area (TPSA) is 57.6 Å². The molecule has 1 aromatic rings. The van der Waals surface area contributed by atoms with E-state index < -0.39 is 5.97 Å². The normalized spacial score (nSPS) is 15.6. The van der Waals surface area contributed by atoms with Crippen molar-refractivity contribution in [2.75, 3.05) is 13.1 Å². The molecule has 112 valence electrons. The molecule has 0 fully saturated rings. The van der Waals surface area contributed by atoms with Gasteiger partial charge in [0, 0.05) is 13.1 Å². The number of carbonyl (C=O) groups is 2. The predicted molar refractivity (Wildman–Crippen MR) is 81.5 cm³/mol. The number of benzene rings is 1. The lowest BCUT2D eigenvalue weighted by atomic mass is 9.83. The van der Waals surface area contributed by atoms with Gasteiger partial charge in [0.15, 0.2) is 0 Å². The number of carboxylic acids is 1. The van der Waals surface area contributed by atoms with Crippen LogP contribution in [-0.4, -0.2) is 35.0 Å². The number of rotatable bonds is 2. The molecule has 1 amide bonds. The summed E-state index contributed by atoms with van der Waals surface area (Å²) < 4.78 is 0. The van der Waals surface area contributed by atoms with Crippen molar-refractivity contribution >= 4 is 11.9 Å². The summed E-state index contributed by atoms with van der Waals surface area (Å²) in [5, 5.41) is 9.18. The second kappa shape index (κ2) is 5.72. The van der Waals surface area contributed by atoms with E-state index in [1.807, 2.05) is 0 Å². The molecule has 0 bridgehead atoms. The Bertz CT molecular complexity index is 596. The Hall–Kier alpha value is -2.10. The van der Waals surface area contributed by atoms with Gasteiger partial charge < -0.3 is 10.0 Å². The lowest BCUT2D eigenvalue weighted by Crippen LogP contribution is -2.37. The fourth-order valence-corrected chi connectivity index (χ4v) is 2.56. The van der Waals surface area contributed by atoms with Gasteiger partial charge in [-0.25, -0.2) is 4.79 Å². The van der Waals surface area contributed by atoms with Crippen LogP contribution in [0.4, 0.5) is 0 Å². The Kier molecular flexibility index (Phi) is 4.16. The number of hydrogen-bond donors (Lipinski definition) is 1. The summed E-state index contributed by atoms with van der Waals surface area (Å²) in [4.78, 5) is 25.4. The highest BCUT2D eigenvalue weighted by molar-refractivity contribution is 6.04. The fourth-order valence-electron chi connectivity index (χ4n) is 2.56. The lowest BCUT2D eigenvalue weighted by molar-refractivity contribution is 0.0677. The lowest BCUT2D eigenvalue weighted by Gasteiger charge is -2.32. The molecule has 0 unspecified atom stereocenters. The zero-order valence-electron chi connectivity index (χ0n) is 12.7. The van der Waals surface area contributed by atoms with Gasteiger partial charge in [0.2, 0.25) is 0 Å². The van der Waals surface area contributed by atoms with Crippen LogP contribution < -0.4 is 0 Å². The van der Waals surface area contributed by atoms with Gasteiger partial charge in [-0.3, -0.25) is 4.79 Å². The maximum atomic E-state index is 12.5. The average Bonchev–Trinajstić information content (AvgIpc) is 2.45. The highest BCUT2D eigenvalue weighted by atomic mass is 16.4. The highest BCUT2D eigenvalue weighted by Crippen LogP contribution is 2.30. The maximum absolute atomic E-state index is 12.5. The van der Waals surface area contributed by atoms with Crippen LogP contribution in [0.25, 0.3) is 0 Å². The van der Waals surface area contributed by atoms with E-state index in [0.29, 0.717) is 13.1 Å². The summed E-state index contributed by atoms with van der Waals surface area (Å²) in [7, 11) is 0. The first-order valence-electron chi connectivity index (χ1n) is 7.12. The van der Waals surface area contributed by atoms with Crippen molar-refractivity contribution < 1.29 is 14.7 Å². The number of carboxylic acid groups (broad SMARTS) is 1. The van der Waals surface area contributed by atoms with E-state index in [1.165, 1.54) is 11.6 Å². The molecule has 0 aliphatic carbocycles. The predicted octanol–water partition coefficient (Wildman–Crippen LogP) is 3.20. The summed E-state index contributed by atoms with van der Waals surface area (Å²) >= 11 is 0. The van der Waals surface area contributed by atoms with Crippen LogP contribution in [0, 0.1) is 5.41 Å². The summed E-state index contributed by atoms with van der Waals surface area (Å²) in [6, 6.07) is 6.37. The summed E-state index contributed by atoms with van der Waals surface area (Å²) in [6.07, 6.45) is 2.93. The van der Waals surface area contributed by atoms with Crippen molar-refractivity contribution in [1.29, 1.82) is 0 Å². The van der Waals surface area contributed by atoms with Gasteiger partial charge in [0.1, 0.15) is 0 Å². The molecule has 0 radical (unpaired) electrons. The molecule has 1 N–H and O–H groups in total. The van der Waals surface area contributed by atoms with Crippen molar-refractivity contribution in [1.82, 2.24) is 4.90 Å². The quantitative estimate of drug-likeness (QED) is 0.850. The molecule has 4 heteroatoms. The summed E-state index contributed by atoms with van der Waals surface area (Å²) in [5.41, 5.74) is 1.79. The molecule has 1 aromatic carbocycles. The Morgan fingerprint density at radius 1 is 1.14 bits per heavy atom. The SMILES string of the molecule is CC(C)(C)C1=CCN(C(=O)c2ccccc2C(=O)O)CC1. The van der Waals surface area contributed by atoms with E-state index >= 15 is 0 Å². The van der Waals surface area contributed by atoms with Crippen LogP contribution in [-0.2, 0) is 0 Å². The molecule has 0 atom stereocenters. The van der Waals surface area contributed by atoms with Crippen LogP contribution >= 0.6 is 0 Å². The smallest absolute Gasteiger partial charge is 0.336 e. The van der Waals surface area contributed by atoms with E-state index in [2.05, 4.69) is 26.8 Å². The van der Waals surface area contributed by atoms with Crippen LogP contribution in [0.3, 0.4) is 0 Å². The van der Waals surface area contributed by atoms with Crippen LogP contribution in [0.1, 0.15) is 47.9 Å². The third-order valence-corrected chi connectivity index (χ3v) is 3.85. The summed E-state index contributed by atoms with van der Waals surface area (Å²) in [6.45, 7) is 7.66. The largest absolute Gasteiger partial charge is 0.478 e. The highest BCUT2D eigenvalue weighted by Gasteiger charge is 2.26. The fraction of sp³-hybridized carbons (Fsp3) is 0.412. The molecule has 1 heterocycles. The van der Waals surface area contributed by atoms with Gasteiger partial charge in [-0.15, -0.1) is 0 Å². The van der Waals surface area contributed by atoms with Gasteiger partial charge in [-0.1, -0.05) is 44.6 Å². The van der Waals surface area contributed by atoms with E-state index in [0.717, 1.165) is 6.42 Å². The number of aromatic carboxylic acids is 1. The van der Waals surface area contributed by atoms with Gasteiger partial charge >= 0.3 is 5.97 Å². The maximum Gasteiger partial charge on any atom is 0.336 e. The number of hydrogen-bond acceptors (Lipinski definition) is 2. The first-order chi connectivity index (χ1) is 9.80. The van der Waals surface area contributed by atoms with Crippen LogP contribution in [0.2, 0.25) is 0 Å². The van der Waals surface area contributed by atoms with E-state index in [4.69, 9.17) is 0 Å². The van der Waals surface area contributed by atoms with Crippen molar-refractivity contribution in [3.8, 4) is 0 Å². The molecule has 0 saturated heterocycles. The van der Waals surface area contributed by atoms with Gasteiger partial charge in [0.25, 0.3) is 5.91 Å². The van der Waals surface area contributed by atoms with Crippen LogP contribution in [0.5, 0.6) is 0 Å². The molecular weight excluding hydrogens is 266 g/mol. The Morgan fingerprint density at radius 3 is 2.24 bits per heavy atom. The third kappa shape index (κ3) is 3.32.